The lowest BCUT2D eigenvalue weighted by molar-refractivity contribution is 0.0532. The first-order valence-electron chi connectivity index (χ1n) is 5.97. The second-order valence-electron chi connectivity index (χ2n) is 4.77. The van der Waals surface area contributed by atoms with Gasteiger partial charge in [-0.2, -0.15) is 0 Å². The van der Waals surface area contributed by atoms with Gasteiger partial charge in [0, 0.05) is 35.0 Å². The van der Waals surface area contributed by atoms with E-state index in [0.717, 1.165) is 29.0 Å². The standard InChI is InChI=1S/C13H17BrN2OS/c1-9-8-15(2)5-6-16(9)13(17)11-7-10(18)3-4-12(11)14/h3-4,7,9,18H,5-6,8H2,1-2H3. The summed E-state index contributed by atoms with van der Waals surface area (Å²) in [5.74, 6) is 0.0818. The topological polar surface area (TPSA) is 23.6 Å². The van der Waals surface area contributed by atoms with E-state index in [-0.39, 0.29) is 11.9 Å². The van der Waals surface area contributed by atoms with Crippen LogP contribution in [0.4, 0.5) is 0 Å². The van der Waals surface area contributed by atoms with E-state index in [1.165, 1.54) is 0 Å². The van der Waals surface area contributed by atoms with Crippen molar-refractivity contribution in [2.45, 2.75) is 17.9 Å². The SMILES string of the molecule is CC1CN(C)CCN1C(=O)c1cc(S)ccc1Br. The van der Waals surface area contributed by atoms with Crippen LogP contribution in [0.2, 0.25) is 0 Å². The molecule has 0 aromatic heterocycles. The van der Waals surface area contributed by atoms with E-state index in [2.05, 4.69) is 47.4 Å². The molecule has 0 bridgehead atoms. The fraction of sp³-hybridized carbons (Fsp3) is 0.462. The van der Waals surface area contributed by atoms with Crippen LogP contribution in [0.3, 0.4) is 0 Å². The van der Waals surface area contributed by atoms with E-state index >= 15 is 0 Å². The smallest absolute Gasteiger partial charge is 0.255 e. The maximum Gasteiger partial charge on any atom is 0.255 e. The molecule has 1 saturated heterocycles. The van der Waals surface area contributed by atoms with Gasteiger partial charge in [0.25, 0.3) is 5.91 Å². The zero-order chi connectivity index (χ0) is 13.3. The summed E-state index contributed by atoms with van der Waals surface area (Å²) in [5.41, 5.74) is 0.693. The van der Waals surface area contributed by atoms with Crippen LogP contribution in [-0.2, 0) is 0 Å². The third-order valence-electron chi connectivity index (χ3n) is 3.27. The van der Waals surface area contributed by atoms with E-state index in [9.17, 15) is 4.79 Å². The van der Waals surface area contributed by atoms with Crippen LogP contribution >= 0.6 is 28.6 Å². The molecule has 1 aromatic rings. The van der Waals surface area contributed by atoms with Crippen LogP contribution in [-0.4, -0.2) is 48.4 Å². The van der Waals surface area contributed by atoms with Gasteiger partial charge in [-0.1, -0.05) is 0 Å². The summed E-state index contributed by atoms with van der Waals surface area (Å²) >= 11 is 7.73. The van der Waals surface area contributed by atoms with Gasteiger partial charge in [-0.25, -0.2) is 0 Å². The van der Waals surface area contributed by atoms with Gasteiger partial charge < -0.3 is 9.80 Å². The molecule has 5 heteroatoms. The van der Waals surface area contributed by atoms with Crippen molar-refractivity contribution in [3.05, 3.63) is 28.2 Å². The first-order chi connectivity index (χ1) is 8.49. The van der Waals surface area contributed by atoms with Gasteiger partial charge in [-0.05, 0) is 48.1 Å². The number of piperazine rings is 1. The van der Waals surface area contributed by atoms with Gasteiger partial charge in [-0.15, -0.1) is 12.6 Å². The third kappa shape index (κ3) is 2.90. The molecule has 0 N–H and O–H groups in total. The second-order valence-corrected chi connectivity index (χ2v) is 6.14. The lowest BCUT2D eigenvalue weighted by Crippen LogP contribution is -2.52. The molecule has 1 fully saturated rings. The average molecular weight is 329 g/mol. The van der Waals surface area contributed by atoms with E-state index in [4.69, 9.17) is 0 Å². The summed E-state index contributed by atoms with van der Waals surface area (Å²) in [6.45, 7) is 4.71. The average Bonchev–Trinajstić information content (AvgIpc) is 2.31. The Morgan fingerprint density at radius 3 is 2.83 bits per heavy atom. The largest absolute Gasteiger partial charge is 0.333 e. The maximum absolute atomic E-state index is 12.5. The Morgan fingerprint density at radius 2 is 2.17 bits per heavy atom. The normalized spacial score (nSPS) is 21.1. The molecular weight excluding hydrogens is 312 g/mol. The molecule has 1 unspecified atom stereocenters. The summed E-state index contributed by atoms with van der Waals surface area (Å²) in [6.07, 6.45) is 0. The highest BCUT2D eigenvalue weighted by molar-refractivity contribution is 9.10. The van der Waals surface area contributed by atoms with Gasteiger partial charge in [0.05, 0.1) is 5.56 Å². The van der Waals surface area contributed by atoms with Gasteiger partial charge in [0.1, 0.15) is 0 Å². The van der Waals surface area contributed by atoms with Crippen LogP contribution < -0.4 is 0 Å². The molecule has 1 aliphatic heterocycles. The molecule has 1 amide bonds. The summed E-state index contributed by atoms with van der Waals surface area (Å²) in [4.78, 5) is 17.5. The van der Waals surface area contributed by atoms with E-state index < -0.39 is 0 Å². The van der Waals surface area contributed by atoms with Crippen LogP contribution in [0.25, 0.3) is 0 Å². The first kappa shape index (κ1) is 13.9. The van der Waals surface area contributed by atoms with Crippen LogP contribution in [0.5, 0.6) is 0 Å². The van der Waals surface area contributed by atoms with Crippen LogP contribution in [0.15, 0.2) is 27.6 Å². The Kier molecular flexibility index (Phi) is 4.35. The van der Waals surface area contributed by atoms with E-state index in [0.29, 0.717) is 5.56 Å². The van der Waals surface area contributed by atoms with Crippen molar-refractivity contribution in [3.63, 3.8) is 0 Å². The van der Waals surface area contributed by atoms with Crippen molar-refractivity contribution in [3.8, 4) is 0 Å². The van der Waals surface area contributed by atoms with Crippen molar-refractivity contribution >= 4 is 34.5 Å². The number of nitrogens with zero attached hydrogens (tertiary/aromatic N) is 2. The molecule has 3 nitrogen and oxygen atoms in total. The van der Waals surface area contributed by atoms with Gasteiger partial charge in [-0.3, -0.25) is 4.79 Å². The van der Waals surface area contributed by atoms with Gasteiger partial charge in [0.15, 0.2) is 0 Å². The number of halogens is 1. The van der Waals surface area contributed by atoms with Gasteiger partial charge >= 0.3 is 0 Å². The molecule has 0 aliphatic carbocycles. The maximum atomic E-state index is 12.5. The fourth-order valence-corrected chi connectivity index (χ4v) is 2.89. The van der Waals surface area contributed by atoms with Crippen molar-refractivity contribution < 1.29 is 4.79 Å². The van der Waals surface area contributed by atoms with E-state index in [1.54, 1.807) is 0 Å². The minimum Gasteiger partial charge on any atom is -0.333 e. The lowest BCUT2D eigenvalue weighted by atomic mass is 10.1. The second kappa shape index (κ2) is 5.63. The van der Waals surface area contributed by atoms with Crippen molar-refractivity contribution in [1.29, 1.82) is 0 Å². The molecular formula is C13H17BrN2OS. The predicted octanol–water partition coefficient (Wildman–Crippen LogP) is 2.51. The van der Waals surface area contributed by atoms with Crippen LogP contribution in [0, 0.1) is 0 Å². The monoisotopic (exact) mass is 328 g/mol. The predicted molar refractivity (Wildman–Crippen MR) is 79.4 cm³/mol. The molecule has 1 aromatic carbocycles. The minimum atomic E-state index is 0.0818. The first-order valence-corrected chi connectivity index (χ1v) is 7.21. The van der Waals surface area contributed by atoms with Gasteiger partial charge in [0.2, 0.25) is 0 Å². The quantitative estimate of drug-likeness (QED) is 0.801. The van der Waals surface area contributed by atoms with Crippen molar-refractivity contribution in [1.82, 2.24) is 9.80 Å². The molecule has 2 rings (SSSR count). The molecule has 1 aliphatic rings. The summed E-state index contributed by atoms with van der Waals surface area (Å²) in [5, 5.41) is 0. The highest BCUT2D eigenvalue weighted by Crippen LogP contribution is 2.23. The number of carbonyl (C=O) groups excluding carboxylic acids is 1. The zero-order valence-corrected chi connectivity index (χ0v) is 13.0. The fourth-order valence-electron chi connectivity index (χ4n) is 2.27. The number of likely N-dealkylation sites (N-methyl/N-ethyl adjacent to an activating group) is 1. The Balaban J connectivity index is 2.23. The van der Waals surface area contributed by atoms with Crippen molar-refractivity contribution in [2.75, 3.05) is 26.7 Å². The molecule has 1 atom stereocenters. The Labute approximate surface area is 122 Å². The Morgan fingerprint density at radius 1 is 1.44 bits per heavy atom. The number of hydrogen-bond donors (Lipinski definition) is 1. The summed E-state index contributed by atoms with van der Waals surface area (Å²) in [6, 6.07) is 5.81. The molecule has 0 radical (unpaired) electrons. The van der Waals surface area contributed by atoms with Crippen molar-refractivity contribution in [2.24, 2.45) is 0 Å². The number of rotatable bonds is 1. The van der Waals surface area contributed by atoms with E-state index in [1.807, 2.05) is 23.1 Å². The Hall–Kier alpha value is -0.520. The number of benzene rings is 1. The number of thiol groups is 1. The number of hydrogen-bond acceptors (Lipinski definition) is 3. The lowest BCUT2D eigenvalue weighted by Gasteiger charge is -2.38. The number of carbonyl (C=O) groups is 1. The highest BCUT2D eigenvalue weighted by atomic mass is 79.9. The Bertz CT molecular complexity index is 466. The minimum absolute atomic E-state index is 0.0818. The zero-order valence-electron chi connectivity index (χ0n) is 10.6. The molecule has 0 saturated carbocycles. The molecule has 98 valence electrons. The summed E-state index contributed by atoms with van der Waals surface area (Å²) < 4.78 is 0.830. The highest BCUT2D eigenvalue weighted by Gasteiger charge is 2.27. The molecule has 1 heterocycles. The summed E-state index contributed by atoms with van der Waals surface area (Å²) in [7, 11) is 2.09. The van der Waals surface area contributed by atoms with Crippen LogP contribution in [0.1, 0.15) is 17.3 Å². The third-order valence-corrected chi connectivity index (χ3v) is 4.24. The molecule has 18 heavy (non-hydrogen) atoms. The molecule has 0 spiro atoms. The number of amides is 1.